The Hall–Kier alpha value is -1.37. The minimum absolute atomic E-state index is 0.699. The number of benzene rings is 1. The summed E-state index contributed by atoms with van der Waals surface area (Å²) in [6.45, 7) is 2.21. The van der Waals surface area contributed by atoms with E-state index < -0.39 is 0 Å². The zero-order valence-corrected chi connectivity index (χ0v) is 12.0. The van der Waals surface area contributed by atoms with E-state index in [-0.39, 0.29) is 0 Å². The van der Waals surface area contributed by atoms with E-state index in [0.29, 0.717) is 13.2 Å². The van der Waals surface area contributed by atoms with Crippen LogP contribution in [0.4, 0.5) is 0 Å². The molecule has 19 heavy (non-hydrogen) atoms. The van der Waals surface area contributed by atoms with Gasteiger partial charge < -0.3 is 10.1 Å². The van der Waals surface area contributed by atoms with E-state index in [4.69, 9.17) is 4.74 Å². The highest BCUT2D eigenvalue weighted by Crippen LogP contribution is 2.16. The van der Waals surface area contributed by atoms with Crippen molar-refractivity contribution in [2.24, 2.45) is 0 Å². The van der Waals surface area contributed by atoms with Gasteiger partial charge in [-0.1, -0.05) is 5.21 Å². The predicted molar refractivity (Wildman–Crippen MR) is 76.7 cm³/mol. The van der Waals surface area contributed by atoms with E-state index in [9.17, 15) is 0 Å². The number of methoxy groups -OCH3 is 1. The average molecular weight is 278 g/mol. The molecule has 1 aromatic carbocycles. The van der Waals surface area contributed by atoms with Crippen molar-refractivity contribution in [1.29, 1.82) is 0 Å². The summed E-state index contributed by atoms with van der Waals surface area (Å²) in [5.74, 6) is 0. The molecule has 1 aromatic heterocycles. The predicted octanol–water partition coefficient (Wildman–Crippen LogP) is 1.73. The molecule has 2 aromatic rings. The fraction of sp³-hybridized carbons (Fsp3) is 0.385. The lowest BCUT2D eigenvalue weighted by atomic mass is 10.3. The van der Waals surface area contributed by atoms with Gasteiger partial charge in [-0.05, 0) is 30.5 Å². The largest absolute Gasteiger partial charge is 0.383 e. The molecule has 0 aliphatic rings. The number of nitrogens with one attached hydrogen (secondary N) is 1. The molecular weight excluding hydrogens is 260 g/mol. The van der Waals surface area contributed by atoms with E-state index in [2.05, 4.69) is 34.0 Å². The second kappa shape index (κ2) is 7.28. The van der Waals surface area contributed by atoms with Crippen LogP contribution in [-0.2, 0) is 11.3 Å². The number of ether oxygens (including phenoxy) is 1. The highest BCUT2D eigenvalue weighted by atomic mass is 32.2. The molecule has 0 saturated heterocycles. The standard InChI is InChI=1S/C13H18N4OS/c1-18-8-7-14-9-11-10-17(16-15-11)12-3-5-13(19-2)6-4-12/h3-6,10,14H,7-9H2,1-2H3. The molecule has 0 unspecified atom stereocenters. The molecule has 0 aliphatic heterocycles. The van der Waals surface area contributed by atoms with Crippen LogP contribution in [0.25, 0.3) is 5.69 Å². The third kappa shape index (κ3) is 4.05. The van der Waals surface area contributed by atoms with Gasteiger partial charge in [-0.15, -0.1) is 16.9 Å². The van der Waals surface area contributed by atoms with Gasteiger partial charge >= 0.3 is 0 Å². The minimum atomic E-state index is 0.699. The van der Waals surface area contributed by atoms with Gasteiger partial charge in [-0.3, -0.25) is 0 Å². The SMILES string of the molecule is COCCNCc1cn(-c2ccc(SC)cc2)nn1. The number of rotatable bonds is 7. The Morgan fingerprint density at radius 2 is 2.11 bits per heavy atom. The summed E-state index contributed by atoms with van der Waals surface area (Å²) in [6, 6.07) is 8.25. The zero-order chi connectivity index (χ0) is 13.5. The van der Waals surface area contributed by atoms with Crippen molar-refractivity contribution in [2.75, 3.05) is 26.5 Å². The Labute approximate surface area is 117 Å². The third-order valence-electron chi connectivity index (χ3n) is 2.67. The Morgan fingerprint density at radius 1 is 1.32 bits per heavy atom. The Kier molecular flexibility index (Phi) is 5.38. The molecule has 0 aliphatic carbocycles. The molecule has 1 heterocycles. The van der Waals surface area contributed by atoms with Crippen LogP contribution in [0.3, 0.4) is 0 Å². The Balaban J connectivity index is 1.95. The third-order valence-corrected chi connectivity index (χ3v) is 3.41. The molecule has 6 heteroatoms. The van der Waals surface area contributed by atoms with Crippen molar-refractivity contribution < 1.29 is 4.74 Å². The van der Waals surface area contributed by atoms with Gasteiger partial charge in [0.25, 0.3) is 0 Å². The van der Waals surface area contributed by atoms with E-state index in [1.165, 1.54) is 4.90 Å². The van der Waals surface area contributed by atoms with Crippen LogP contribution in [0.5, 0.6) is 0 Å². The highest BCUT2D eigenvalue weighted by molar-refractivity contribution is 7.98. The maximum Gasteiger partial charge on any atom is 0.0969 e. The number of hydrogen-bond acceptors (Lipinski definition) is 5. The minimum Gasteiger partial charge on any atom is -0.383 e. The number of aromatic nitrogens is 3. The van der Waals surface area contributed by atoms with Gasteiger partial charge in [0.05, 0.1) is 24.2 Å². The molecule has 2 rings (SSSR count). The molecule has 1 N–H and O–H groups in total. The summed E-state index contributed by atoms with van der Waals surface area (Å²) < 4.78 is 6.76. The van der Waals surface area contributed by atoms with Crippen molar-refractivity contribution in [1.82, 2.24) is 20.3 Å². The number of nitrogens with zero attached hydrogens (tertiary/aromatic N) is 3. The molecular formula is C13H18N4OS. The van der Waals surface area contributed by atoms with Crippen molar-refractivity contribution in [3.05, 3.63) is 36.2 Å². The Morgan fingerprint density at radius 3 is 2.79 bits per heavy atom. The second-order valence-corrected chi connectivity index (χ2v) is 4.90. The van der Waals surface area contributed by atoms with Crippen LogP contribution < -0.4 is 5.32 Å². The van der Waals surface area contributed by atoms with Gasteiger partial charge in [0.2, 0.25) is 0 Å². The van der Waals surface area contributed by atoms with Gasteiger partial charge in [-0.2, -0.15) is 0 Å². The summed E-state index contributed by atoms with van der Waals surface area (Å²) in [6.07, 6.45) is 4.00. The lowest BCUT2D eigenvalue weighted by molar-refractivity contribution is 0.199. The summed E-state index contributed by atoms with van der Waals surface area (Å²) in [5, 5.41) is 11.5. The van der Waals surface area contributed by atoms with Crippen molar-refractivity contribution in [2.45, 2.75) is 11.4 Å². The first-order chi connectivity index (χ1) is 9.33. The van der Waals surface area contributed by atoms with Crippen molar-refractivity contribution >= 4 is 11.8 Å². The summed E-state index contributed by atoms with van der Waals surface area (Å²) in [5.41, 5.74) is 1.94. The Bertz CT molecular complexity index is 498. The first-order valence-electron chi connectivity index (χ1n) is 6.09. The summed E-state index contributed by atoms with van der Waals surface area (Å²) in [7, 11) is 1.69. The van der Waals surface area contributed by atoms with Crippen LogP contribution in [-0.4, -0.2) is 41.5 Å². The van der Waals surface area contributed by atoms with Gasteiger partial charge in [0.1, 0.15) is 0 Å². The fourth-order valence-corrected chi connectivity index (χ4v) is 2.04. The topological polar surface area (TPSA) is 52.0 Å². The lowest BCUT2D eigenvalue weighted by Gasteiger charge is -2.01. The molecule has 0 radical (unpaired) electrons. The van der Waals surface area contributed by atoms with Crippen molar-refractivity contribution in [3.8, 4) is 5.69 Å². The summed E-state index contributed by atoms with van der Waals surface area (Å²) >= 11 is 1.73. The quantitative estimate of drug-likeness (QED) is 0.617. The molecule has 0 fully saturated rings. The number of thioether (sulfide) groups is 1. The van der Waals surface area contributed by atoms with Crippen LogP contribution in [0.1, 0.15) is 5.69 Å². The fourth-order valence-electron chi connectivity index (χ4n) is 1.63. The zero-order valence-electron chi connectivity index (χ0n) is 11.2. The van der Waals surface area contributed by atoms with Crippen LogP contribution >= 0.6 is 11.8 Å². The van der Waals surface area contributed by atoms with E-state index in [1.807, 2.05) is 18.3 Å². The smallest absolute Gasteiger partial charge is 0.0969 e. The molecule has 0 spiro atoms. The molecule has 0 amide bonds. The first kappa shape index (κ1) is 14.0. The normalized spacial score (nSPS) is 10.8. The van der Waals surface area contributed by atoms with Gasteiger partial charge in [-0.25, -0.2) is 4.68 Å². The number of hydrogen-bond donors (Lipinski definition) is 1. The highest BCUT2D eigenvalue weighted by Gasteiger charge is 2.02. The molecule has 0 saturated carbocycles. The van der Waals surface area contributed by atoms with Crippen LogP contribution in [0.2, 0.25) is 0 Å². The van der Waals surface area contributed by atoms with Crippen LogP contribution in [0.15, 0.2) is 35.4 Å². The monoisotopic (exact) mass is 278 g/mol. The molecule has 5 nitrogen and oxygen atoms in total. The summed E-state index contributed by atoms with van der Waals surface area (Å²) in [4.78, 5) is 1.24. The van der Waals surface area contributed by atoms with Crippen LogP contribution in [0, 0.1) is 0 Å². The molecule has 0 bridgehead atoms. The van der Waals surface area contributed by atoms with Gasteiger partial charge in [0.15, 0.2) is 0 Å². The van der Waals surface area contributed by atoms with Crippen molar-refractivity contribution in [3.63, 3.8) is 0 Å². The van der Waals surface area contributed by atoms with E-state index >= 15 is 0 Å². The lowest BCUT2D eigenvalue weighted by Crippen LogP contribution is -2.18. The first-order valence-corrected chi connectivity index (χ1v) is 7.31. The second-order valence-electron chi connectivity index (χ2n) is 4.02. The molecule has 102 valence electrons. The van der Waals surface area contributed by atoms with Gasteiger partial charge in [0, 0.05) is 25.1 Å². The average Bonchev–Trinajstić information content (AvgIpc) is 2.92. The van der Waals surface area contributed by atoms with E-state index in [1.54, 1.807) is 23.6 Å². The maximum atomic E-state index is 4.97. The maximum absolute atomic E-state index is 4.97. The molecule has 0 atom stereocenters. The van der Waals surface area contributed by atoms with E-state index in [0.717, 1.165) is 17.9 Å².